The van der Waals surface area contributed by atoms with Crippen LogP contribution in [0.1, 0.15) is 42.9 Å². The minimum atomic E-state index is -0.356. The maximum Gasteiger partial charge on any atom is 0.224 e. The third-order valence-electron chi connectivity index (χ3n) is 4.42. The van der Waals surface area contributed by atoms with Gasteiger partial charge in [0, 0.05) is 18.3 Å². The largest absolute Gasteiger partial charge is 0.347 e. The first kappa shape index (κ1) is 14.8. The first-order valence-corrected chi connectivity index (χ1v) is 7.76. The van der Waals surface area contributed by atoms with E-state index >= 15 is 0 Å². The average molecular weight is 294 g/mol. The van der Waals surface area contributed by atoms with Crippen LogP contribution in [0.5, 0.6) is 0 Å². The van der Waals surface area contributed by atoms with E-state index in [1.807, 2.05) is 18.3 Å². The van der Waals surface area contributed by atoms with E-state index in [0.29, 0.717) is 5.92 Å². The summed E-state index contributed by atoms with van der Waals surface area (Å²) in [5, 5.41) is 3.20. The Labute approximate surface area is 131 Å². The van der Waals surface area contributed by atoms with Crippen molar-refractivity contribution in [3.8, 4) is 0 Å². The number of pyridine rings is 1. The Morgan fingerprint density at radius 2 is 2.09 bits per heavy atom. The van der Waals surface area contributed by atoms with Crippen LogP contribution in [0.3, 0.4) is 0 Å². The summed E-state index contributed by atoms with van der Waals surface area (Å²) < 4.78 is 0. The van der Waals surface area contributed by atoms with Crippen molar-refractivity contribution in [3.63, 3.8) is 0 Å². The second kappa shape index (κ2) is 5.56. The highest BCUT2D eigenvalue weighted by atomic mass is 16.2. The molecule has 0 saturated heterocycles. The van der Waals surface area contributed by atoms with Crippen LogP contribution in [-0.2, 0) is 10.3 Å². The number of aromatic nitrogens is 1. The molecule has 0 aliphatic heterocycles. The SMILES string of the molecule is Cc1cccc(C(C)(C)NC(=O)[C@@H]2C[C@H]2c2cccnc2)c1. The normalized spacial score (nSPS) is 20.5. The summed E-state index contributed by atoms with van der Waals surface area (Å²) in [5.41, 5.74) is 3.15. The van der Waals surface area contributed by atoms with Gasteiger partial charge < -0.3 is 5.32 Å². The molecule has 3 heteroatoms. The van der Waals surface area contributed by atoms with E-state index in [1.165, 1.54) is 5.56 Å². The van der Waals surface area contributed by atoms with Gasteiger partial charge in [-0.15, -0.1) is 0 Å². The molecule has 1 aromatic heterocycles. The van der Waals surface area contributed by atoms with Crippen molar-refractivity contribution in [2.45, 2.75) is 38.6 Å². The first-order chi connectivity index (χ1) is 10.5. The van der Waals surface area contributed by atoms with Gasteiger partial charge in [-0.05, 0) is 50.3 Å². The Morgan fingerprint density at radius 1 is 1.27 bits per heavy atom. The fourth-order valence-corrected chi connectivity index (χ4v) is 2.96. The summed E-state index contributed by atoms with van der Waals surface area (Å²) in [6.45, 7) is 6.18. The van der Waals surface area contributed by atoms with Crippen LogP contribution in [0, 0.1) is 12.8 Å². The lowest BCUT2D eigenvalue weighted by Crippen LogP contribution is -2.42. The molecule has 0 spiro atoms. The zero-order valence-corrected chi connectivity index (χ0v) is 13.3. The smallest absolute Gasteiger partial charge is 0.224 e. The highest BCUT2D eigenvalue weighted by Crippen LogP contribution is 2.47. The van der Waals surface area contributed by atoms with Crippen molar-refractivity contribution >= 4 is 5.91 Å². The third kappa shape index (κ3) is 3.03. The standard InChI is InChI=1S/C19H22N2O/c1-13-6-4-8-15(10-13)19(2,3)21-18(22)17-11-16(17)14-7-5-9-20-12-14/h4-10,12,16-17H,11H2,1-3H3,(H,21,22)/t16-,17+/m0/s1. The molecule has 2 aromatic rings. The number of benzene rings is 1. The number of aryl methyl sites for hydroxylation is 1. The highest BCUT2D eigenvalue weighted by molar-refractivity contribution is 5.83. The summed E-state index contributed by atoms with van der Waals surface area (Å²) >= 11 is 0. The molecule has 0 bridgehead atoms. The number of nitrogens with zero attached hydrogens (tertiary/aromatic N) is 1. The van der Waals surface area contributed by atoms with Gasteiger partial charge in [0.25, 0.3) is 0 Å². The van der Waals surface area contributed by atoms with E-state index < -0.39 is 0 Å². The summed E-state index contributed by atoms with van der Waals surface area (Å²) in [6, 6.07) is 12.3. The molecule has 2 atom stereocenters. The number of hydrogen-bond donors (Lipinski definition) is 1. The molecule has 1 N–H and O–H groups in total. The molecule has 1 fully saturated rings. The fourth-order valence-electron chi connectivity index (χ4n) is 2.96. The Kier molecular flexibility index (Phi) is 3.73. The quantitative estimate of drug-likeness (QED) is 0.937. The minimum Gasteiger partial charge on any atom is -0.347 e. The van der Waals surface area contributed by atoms with Gasteiger partial charge in [-0.3, -0.25) is 9.78 Å². The van der Waals surface area contributed by atoms with Gasteiger partial charge >= 0.3 is 0 Å². The minimum absolute atomic E-state index is 0.0771. The zero-order chi connectivity index (χ0) is 15.7. The maximum atomic E-state index is 12.5. The van der Waals surface area contributed by atoms with Gasteiger partial charge in [-0.2, -0.15) is 0 Å². The molecule has 114 valence electrons. The average Bonchev–Trinajstić information content (AvgIpc) is 3.28. The van der Waals surface area contributed by atoms with E-state index in [-0.39, 0.29) is 17.4 Å². The molecule has 1 aliphatic rings. The second-order valence-electron chi connectivity index (χ2n) is 6.72. The lowest BCUT2D eigenvalue weighted by atomic mass is 9.92. The van der Waals surface area contributed by atoms with Crippen LogP contribution >= 0.6 is 0 Å². The zero-order valence-electron chi connectivity index (χ0n) is 13.3. The predicted molar refractivity (Wildman–Crippen MR) is 87.4 cm³/mol. The van der Waals surface area contributed by atoms with Gasteiger partial charge in [0.15, 0.2) is 0 Å². The van der Waals surface area contributed by atoms with Gasteiger partial charge in [0.05, 0.1) is 5.54 Å². The predicted octanol–water partition coefficient (Wildman–Crippen LogP) is 3.55. The molecule has 3 rings (SSSR count). The first-order valence-electron chi connectivity index (χ1n) is 7.76. The fraction of sp³-hybridized carbons (Fsp3) is 0.368. The van der Waals surface area contributed by atoms with E-state index in [9.17, 15) is 4.79 Å². The van der Waals surface area contributed by atoms with Gasteiger partial charge in [-0.1, -0.05) is 35.9 Å². The Morgan fingerprint density at radius 3 is 2.77 bits per heavy atom. The van der Waals surface area contributed by atoms with Crippen LogP contribution < -0.4 is 5.32 Å². The summed E-state index contributed by atoms with van der Waals surface area (Å²) in [6.07, 6.45) is 4.55. The van der Waals surface area contributed by atoms with Crippen LogP contribution in [0.4, 0.5) is 0 Å². The van der Waals surface area contributed by atoms with Gasteiger partial charge in [-0.25, -0.2) is 0 Å². The van der Waals surface area contributed by atoms with Crippen LogP contribution in [0.2, 0.25) is 0 Å². The number of carbonyl (C=O) groups is 1. The van der Waals surface area contributed by atoms with Crippen molar-refractivity contribution in [1.82, 2.24) is 10.3 Å². The van der Waals surface area contributed by atoms with Crippen molar-refractivity contribution in [1.29, 1.82) is 0 Å². The lowest BCUT2D eigenvalue weighted by Gasteiger charge is -2.27. The van der Waals surface area contributed by atoms with Gasteiger partial charge in [0.1, 0.15) is 0 Å². The van der Waals surface area contributed by atoms with Crippen molar-refractivity contribution in [3.05, 3.63) is 65.5 Å². The molecule has 1 heterocycles. The number of hydrogen-bond acceptors (Lipinski definition) is 2. The van der Waals surface area contributed by atoms with Crippen LogP contribution in [0.25, 0.3) is 0 Å². The molecule has 0 radical (unpaired) electrons. The van der Waals surface area contributed by atoms with Crippen LogP contribution in [0.15, 0.2) is 48.8 Å². The molecule has 1 amide bonds. The molecule has 0 unspecified atom stereocenters. The molecule has 1 aromatic carbocycles. The van der Waals surface area contributed by atoms with E-state index in [1.54, 1.807) is 6.20 Å². The molecule has 3 nitrogen and oxygen atoms in total. The number of amides is 1. The second-order valence-corrected chi connectivity index (χ2v) is 6.72. The summed E-state index contributed by atoms with van der Waals surface area (Å²) in [5.74, 6) is 0.538. The number of rotatable bonds is 4. The Hall–Kier alpha value is -2.16. The van der Waals surface area contributed by atoms with Crippen molar-refractivity contribution in [2.24, 2.45) is 5.92 Å². The third-order valence-corrected chi connectivity index (χ3v) is 4.42. The van der Waals surface area contributed by atoms with E-state index in [4.69, 9.17) is 0 Å². The summed E-state index contributed by atoms with van der Waals surface area (Å²) in [4.78, 5) is 16.7. The van der Waals surface area contributed by atoms with Gasteiger partial charge in [0.2, 0.25) is 5.91 Å². The molecule has 22 heavy (non-hydrogen) atoms. The molecule has 1 aliphatic carbocycles. The monoisotopic (exact) mass is 294 g/mol. The number of nitrogens with one attached hydrogen (secondary N) is 1. The maximum absolute atomic E-state index is 12.5. The molecular weight excluding hydrogens is 272 g/mol. The highest BCUT2D eigenvalue weighted by Gasteiger charge is 2.45. The Bertz CT molecular complexity index is 679. The van der Waals surface area contributed by atoms with Crippen molar-refractivity contribution in [2.75, 3.05) is 0 Å². The van der Waals surface area contributed by atoms with E-state index in [0.717, 1.165) is 17.5 Å². The van der Waals surface area contributed by atoms with Crippen molar-refractivity contribution < 1.29 is 4.79 Å². The Balaban J connectivity index is 1.67. The van der Waals surface area contributed by atoms with E-state index in [2.05, 4.69) is 55.3 Å². The van der Waals surface area contributed by atoms with Crippen LogP contribution in [-0.4, -0.2) is 10.9 Å². The number of carbonyl (C=O) groups excluding carboxylic acids is 1. The topological polar surface area (TPSA) is 42.0 Å². The summed E-state index contributed by atoms with van der Waals surface area (Å²) in [7, 11) is 0. The lowest BCUT2D eigenvalue weighted by molar-refractivity contribution is -0.124. The molecular formula is C19H22N2O. The molecule has 1 saturated carbocycles.